The van der Waals surface area contributed by atoms with Crippen molar-refractivity contribution >= 4 is 80.7 Å². The van der Waals surface area contributed by atoms with Crippen LogP contribution in [0.15, 0.2) is 18.5 Å². The summed E-state index contributed by atoms with van der Waals surface area (Å²) in [5.74, 6) is 0. The second kappa shape index (κ2) is 5.25. The van der Waals surface area contributed by atoms with Gasteiger partial charge in [0.15, 0.2) is 5.65 Å². The van der Waals surface area contributed by atoms with E-state index in [4.69, 9.17) is 11.6 Å². The third kappa shape index (κ3) is 2.73. The first-order valence-corrected chi connectivity index (χ1v) is 12.7. The molecule has 0 unspecified atom stereocenters. The minimum atomic E-state index is -0.110. The van der Waals surface area contributed by atoms with Crippen LogP contribution < -0.4 is 0 Å². The van der Waals surface area contributed by atoms with E-state index in [-0.39, 0.29) is 2.41 Å². The molecule has 0 N–H and O–H groups in total. The zero-order chi connectivity index (χ0) is 11.0. The van der Waals surface area contributed by atoms with Crippen LogP contribution in [0.25, 0.3) is 11.0 Å². The molecule has 0 bridgehead atoms. The number of rotatable bonds is 2. The van der Waals surface area contributed by atoms with Crippen LogP contribution in [0.3, 0.4) is 0 Å². The largest absolute Gasteiger partial charge is 0.270 e. The highest BCUT2D eigenvalue weighted by atomic mass is 127. The molecule has 0 atom stereocenters. The van der Waals surface area contributed by atoms with Gasteiger partial charge in [0, 0.05) is 29.3 Å². The molecule has 0 fully saturated rings. The average Bonchev–Trinajstić information content (AvgIpc) is 2.44. The Kier molecular flexibility index (Phi) is 4.43. The lowest BCUT2D eigenvalue weighted by Gasteiger charge is -2.03. The van der Waals surface area contributed by atoms with E-state index in [0.717, 1.165) is 16.1 Å². The zero-order valence-electron chi connectivity index (χ0n) is 7.62. The van der Waals surface area contributed by atoms with Gasteiger partial charge in [-0.15, -0.1) is 0 Å². The minimum absolute atomic E-state index is 0.110. The Labute approximate surface area is 124 Å². The van der Waals surface area contributed by atoms with Crippen molar-refractivity contribution in [3.63, 3.8) is 0 Å². The first-order chi connectivity index (χ1) is 7.09. The number of nitrogens with zero attached hydrogens (tertiary/aromatic N) is 2. The van der Waals surface area contributed by atoms with E-state index in [1.807, 2.05) is 6.07 Å². The second-order valence-electron chi connectivity index (χ2n) is 2.91. The summed E-state index contributed by atoms with van der Waals surface area (Å²) in [5, 5.41) is 1.85. The molecule has 0 aliphatic carbocycles. The van der Waals surface area contributed by atoms with Gasteiger partial charge >= 0.3 is 0 Å². The standard InChI is InChI=1S/C8H6ClI2N2PS/c1-5-4-13(15-14(10)11)8-7(5)6(9)2-3-12-8/h2-4H,1H3. The van der Waals surface area contributed by atoms with Gasteiger partial charge in [0.2, 0.25) is 0 Å². The molecule has 0 saturated heterocycles. The maximum atomic E-state index is 6.15. The monoisotopic (exact) mass is 482 g/mol. The van der Waals surface area contributed by atoms with Crippen LogP contribution >= 0.6 is 69.7 Å². The van der Waals surface area contributed by atoms with Crippen LogP contribution in [0, 0.1) is 6.92 Å². The summed E-state index contributed by atoms with van der Waals surface area (Å²) in [6.45, 7) is 2.07. The van der Waals surface area contributed by atoms with Crippen molar-refractivity contribution in [2.24, 2.45) is 0 Å². The van der Waals surface area contributed by atoms with Crippen molar-refractivity contribution in [1.82, 2.24) is 8.96 Å². The van der Waals surface area contributed by atoms with Crippen molar-refractivity contribution in [2.75, 3.05) is 0 Å². The fourth-order valence-corrected chi connectivity index (χ4v) is 6.42. The molecule has 80 valence electrons. The molecule has 2 heterocycles. The Morgan fingerprint density at radius 1 is 1.53 bits per heavy atom. The van der Waals surface area contributed by atoms with Crippen LogP contribution in [0.4, 0.5) is 0 Å². The maximum absolute atomic E-state index is 6.15. The summed E-state index contributed by atoms with van der Waals surface area (Å²) in [7, 11) is 0. The lowest BCUT2D eigenvalue weighted by atomic mass is 10.2. The van der Waals surface area contributed by atoms with Gasteiger partial charge in [-0.05, 0) is 62.6 Å². The van der Waals surface area contributed by atoms with Gasteiger partial charge in [-0.1, -0.05) is 11.6 Å². The summed E-state index contributed by atoms with van der Waals surface area (Å²) in [4.78, 5) is 4.38. The molecule has 2 nitrogen and oxygen atoms in total. The number of fused-ring (bicyclic) bond motifs is 1. The topological polar surface area (TPSA) is 17.8 Å². The number of halogens is 3. The molecule has 0 spiro atoms. The predicted octanol–water partition coefficient (Wildman–Crippen LogP) is 5.59. The third-order valence-corrected chi connectivity index (χ3v) is 6.91. The number of aryl methyl sites for hydroxylation is 1. The normalized spacial score (nSPS) is 11.5. The quantitative estimate of drug-likeness (QED) is 0.410. The summed E-state index contributed by atoms with van der Waals surface area (Å²) in [5.41, 5.74) is 2.14. The second-order valence-corrected chi connectivity index (χ2v) is 21.1. The SMILES string of the molecule is Cc1cn(SP(I)I)c2nccc(Cl)c12. The fraction of sp³-hybridized carbons (Fsp3) is 0.125. The molecule has 7 heteroatoms. The summed E-state index contributed by atoms with van der Waals surface area (Å²) in [6.07, 6.45) is 3.85. The zero-order valence-corrected chi connectivity index (χ0v) is 14.4. The molecule has 2 aromatic rings. The molecule has 0 aliphatic heterocycles. The Morgan fingerprint density at radius 2 is 2.27 bits per heavy atom. The highest BCUT2D eigenvalue weighted by Gasteiger charge is 2.12. The molecule has 15 heavy (non-hydrogen) atoms. The van der Waals surface area contributed by atoms with Crippen LogP contribution in [0.1, 0.15) is 5.56 Å². The first kappa shape index (κ1) is 12.7. The summed E-state index contributed by atoms with van der Waals surface area (Å²) < 4.78 is 2.00. The van der Waals surface area contributed by atoms with Crippen molar-refractivity contribution < 1.29 is 0 Å². The van der Waals surface area contributed by atoms with E-state index >= 15 is 0 Å². The van der Waals surface area contributed by atoms with E-state index in [2.05, 4.69) is 66.2 Å². The van der Waals surface area contributed by atoms with E-state index in [1.54, 1.807) is 17.8 Å². The van der Waals surface area contributed by atoms with Crippen LogP contribution in [0.5, 0.6) is 0 Å². The molecule has 0 aliphatic rings. The lowest BCUT2D eigenvalue weighted by molar-refractivity contribution is 1.26. The highest BCUT2D eigenvalue weighted by molar-refractivity contribution is 14.3. The molecule has 2 rings (SSSR count). The van der Waals surface area contributed by atoms with E-state index in [9.17, 15) is 0 Å². The molecule has 0 saturated carbocycles. The Bertz CT molecular complexity index is 503. The lowest BCUT2D eigenvalue weighted by Crippen LogP contribution is -1.83. The number of aromatic nitrogens is 2. The molecule has 2 aromatic heterocycles. The van der Waals surface area contributed by atoms with Crippen molar-refractivity contribution in [2.45, 2.75) is 6.92 Å². The third-order valence-electron chi connectivity index (χ3n) is 1.94. The van der Waals surface area contributed by atoms with Gasteiger partial charge in [0.25, 0.3) is 0 Å². The van der Waals surface area contributed by atoms with Crippen molar-refractivity contribution in [1.29, 1.82) is 0 Å². The maximum Gasteiger partial charge on any atom is 0.151 e. The Balaban J connectivity index is 2.63. The Morgan fingerprint density at radius 3 is 2.93 bits per heavy atom. The average molecular weight is 482 g/mol. The van der Waals surface area contributed by atoms with Crippen molar-refractivity contribution in [3.8, 4) is 0 Å². The highest BCUT2D eigenvalue weighted by Crippen LogP contribution is 2.65. The van der Waals surface area contributed by atoms with Gasteiger partial charge < -0.3 is 0 Å². The van der Waals surface area contributed by atoms with Gasteiger partial charge in [0.1, 0.15) is 2.41 Å². The number of hydrogen-bond acceptors (Lipinski definition) is 2. The first-order valence-electron chi connectivity index (χ1n) is 4.02. The van der Waals surface area contributed by atoms with Gasteiger partial charge in [-0.25, -0.2) is 4.98 Å². The summed E-state index contributed by atoms with van der Waals surface area (Å²) in [6, 6.07) is 1.84. The number of hydrogen-bond donors (Lipinski definition) is 0. The van der Waals surface area contributed by atoms with Gasteiger partial charge in [-0.3, -0.25) is 3.97 Å². The van der Waals surface area contributed by atoms with Crippen LogP contribution in [0.2, 0.25) is 5.02 Å². The van der Waals surface area contributed by atoms with E-state index < -0.39 is 0 Å². The molecule has 0 amide bonds. The van der Waals surface area contributed by atoms with Gasteiger partial charge in [-0.2, -0.15) is 0 Å². The van der Waals surface area contributed by atoms with Crippen LogP contribution in [-0.4, -0.2) is 8.96 Å². The Hall–Kier alpha value is 1.22. The number of pyridine rings is 1. The molecular weight excluding hydrogens is 476 g/mol. The fourth-order valence-electron chi connectivity index (χ4n) is 1.39. The molecule has 0 aromatic carbocycles. The van der Waals surface area contributed by atoms with Crippen LogP contribution in [-0.2, 0) is 0 Å². The molecular formula is C8H6ClI2N2PS. The smallest absolute Gasteiger partial charge is 0.151 e. The summed E-state index contributed by atoms with van der Waals surface area (Å²) >= 11 is 12.8. The minimum Gasteiger partial charge on any atom is -0.270 e. The van der Waals surface area contributed by atoms with E-state index in [1.165, 1.54) is 5.56 Å². The van der Waals surface area contributed by atoms with Crippen molar-refractivity contribution in [3.05, 3.63) is 29.0 Å². The van der Waals surface area contributed by atoms with Gasteiger partial charge in [0.05, 0.1) is 5.02 Å². The molecule has 0 radical (unpaired) electrons. The predicted molar refractivity (Wildman–Crippen MR) is 87.4 cm³/mol. The van der Waals surface area contributed by atoms with E-state index in [0.29, 0.717) is 0 Å².